The highest BCUT2D eigenvalue weighted by Gasteiger charge is 2.00. The summed E-state index contributed by atoms with van der Waals surface area (Å²) in [5.74, 6) is 0. The quantitative estimate of drug-likeness (QED) is 0.520. The lowest BCUT2D eigenvalue weighted by molar-refractivity contribution is -0.103. The average molecular weight is 173 g/mol. The minimum absolute atomic E-state index is 0.310. The van der Waals surface area contributed by atoms with Gasteiger partial charge >= 0.3 is 0 Å². The fourth-order valence-corrected chi connectivity index (χ4v) is 0.816. The Morgan fingerprint density at radius 1 is 1.62 bits per heavy atom. The predicted molar refractivity (Wildman–Crippen MR) is 47.2 cm³/mol. The van der Waals surface area contributed by atoms with Crippen LogP contribution >= 0.6 is 0 Å². The van der Waals surface area contributed by atoms with Crippen molar-refractivity contribution in [2.24, 2.45) is 5.73 Å². The first-order valence-electron chi connectivity index (χ1n) is 3.55. The number of carbonyl (C=O) groups excluding carboxylic acids is 1. The molecule has 0 aromatic carbocycles. The zero-order valence-electron chi connectivity index (χ0n) is 6.77. The van der Waals surface area contributed by atoms with Gasteiger partial charge in [-0.15, -0.1) is 0 Å². The summed E-state index contributed by atoms with van der Waals surface area (Å²) >= 11 is 0. The molecule has 0 fully saturated rings. The van der Waals surface area contributed by atoms with Crippen molar-refractivity contribution in [1.29, 1.82) is 5.26 Å². The minimum atomic E-state index is 0.310. The number of aromatic nitrogens is 1. The molecule has 4 nitrogen and oxygen atoms in total. The standard InChI is InChI=1S/C9H7N3O/c10-3-7-1-2-9(12-5-7)8(4-11)6-13/h1-2,4-6H,11H2. The van der Waals surface area contributed by atoms with Crippen LogP contribution < -0.4 is 5.73 Å². The van der Waals surface area contributed by atoms with Crippen molar-refractivity contribution in [2.75, 3.05) is 0 Å². The van der Waals surface area contributed by atoms with E-state index in [9.17, 15) is 4.79 Å². The number of aldehydes is 1. The van der Waals surface area contributed by atoms with Crippen LogP contribution in [0, 0.1) is 11.3 Å². The molecule has 4 heteroatoms. The van der Waals surface area contributed by atoms with Crippen LogP contribution in [0.25, 0.3) is 5.57 Å². The molecular weight excluding hydrogens is 166 g/mol. The fourth-order valence-electron chi connectivity index (χ4n) is 0.816. The summed E-state index contributed by atoms with van der Waals surface area (Å²) in [5.41, 5.74) is 6.42. The van der Waals surface area contributed by atoms with Crippen LogP contribution in [0.5, 0.6) is 0 Å². The Labute approximate surface area is 75.3 Å². The number of hydrogen-bond donors (Lipinski definition) is 1. The van der Waals surface area contributed by atoms with Crippen LogP contribution in [0.4, 0.5) is 0 Å². The number of pyridine rings is 1. The van der Waals surface area contributed by atoms with E-state index in [0.717, 1.165) is 0 Å². The van der Waals surface area contributed by atoms with Crippen LogP contribution in [0.1, 0.15) is 11.3 Å². The van der Waals surface area contributed by atoms with Crippen molar-refractivity contribution in [2.45, 2.75) is 0 Å². The second-order valence-corrected chi connectivity index (χ2v) is 2.28. The van der Waals surface area contributed by atoms with Crippen molar-refractivity contribution in [1.82, 2.24) is 4.98 Å². The first kappa shape index (κ1) is 8.94. The molecule has 0 bridgehead atoms. The SMILES string of the molecule is N#Cc1ccc(C(C=O)=CN)nc1. The Morgan fingerprint density at radius 2 is 2.38 bits per heavy atom. The Bertz CT molecular complexity index is 373. The molecule has 0 atom stereocenters. The molecule has 64 valence electrons. The largest absolute Gasteiger partial charge is 0.404 e. The fraction of sp³-hybridized carbons (Fsp3) is 0. The Hall–Kier alpha value is -2.15. The molecule has 13 heavy (non-hydrogen) atoms. The summed E-state index contributed by atoms with van der Waals surface area (Å²) < 4.78 is 0. The van der Waals surface area contributed by atoms with E-state index in [4.69, 9.17) is 11.0 Å². The number of allylic oxidation sites excluding steroid dienone is 1. The molecule has 0 unspecified atom stereocenters. The van der Waals surface area contributed by atoms with Gasteiger partial charge in [0.05, 0.1) is 16.8 Å². The molecule has 0 aliphatic carbocycles. The first-order valence-corrected chi connectivity index (χ1v) is 3.55. The van der Waals surface area contributed by atoms with Gasteiger partial charge in [-0.25, -0.2) is 0 Å². The zero-order valence-corrected chi connectivity index (χ0v) is 6.77. The molecule has 2 N–H and O–H groups in total. The molecule has 1 rings (SSSR count). The molecule has 1 heterocycles. The predicted octanol–water partition coefficient (Wildman–Crippen LogP) is 0.452. The highest BCUT2D eigenvalue weighted by atomic mass is 16.1. The van der Waals surface area contributed by atoms with Crippen molar-refractivity contribution >= 4 is 11.9 Å². The highest BCUT2D eigenvalue weighted by molar-refractivity contribution is 6.05. The van der Waals surface area contributed by atoms with E-state index in [-0.39, 0.29) is 0 Å². The van der Waals surface area contributed by atoms with E-state index in [0.29, 0.717) is 23.1 Å². The van der Waals surface area contributed by atoms with Gasteiger partial charge in [0, 0.05) is 12.4 Å². The second kappa shape index (κ2) is 4.02. The summed E-state index contributed by atoms with van der Waals surface area (Å²) in [4.78, 5) is 14.3. The summed E-state index contributed by atoms with van der Waals surface area (Å²) in [5, 5.41) is 8.48. The Balaban J connectivity index is 3.06. The molecule has 0 aliphatic rings. The number of nitrogens with two attached hydrogens (primary N) is 1. The van der Waals surface area contributed by atoms with Crippen LogP contribution in [0.15, 0.2) is 24.5 Å². The Morgan fingerprint density at radius 3 is 2.77 bits per heavy atom. The highest BCUT2D eigenvalue weighted by Crippen LogP contribution is 2.07. The van der Waals surface area contributed by atoms with Gasteiger partial charge in [0.15, 0.2) is 6.29 Å². The molecule has 0 aliphatic heterocycles. The van der Waals surface area contributed by atoms with Crippen molar-refractivity contribution in [3.05, 3.63) is 35.8 Å². The molecule has 0 saturated heterocycles. The zero-order chi connectivity index (χ0) is 9.68. The van der Waals surface area contributed by atoms with Gasteiger partial charge in [-0.3, -0.25) is 9.78 Å². The lowest BCUT2D eigenvalue weighted by Crippen LogP contribution is -1.94. The third-order valence-corrected chi connectivity index (χ3v) is 1.49. The Kier molecular flexibility index (Phi) is 2.77. The normalized spacial score (nSPS) is 10.5. The second-order valence-electron chi connectivity index (χ2n) is 2.28. The van der Waals surface area contributed by atoms with Gasteiger partial charge in [-0.1, -0.05) is 0 Å². The number of nitriles is 1. The van der Waals surface area contributed by atoms with Gasteiger partial charge in [0.2, 0.25) is 0 Å². The molecule has 1 aromatic rings. The van der Waals surface area contributed by atoms with Gasteiger partial charge in [-0.2, -0.15) is 5.26 Å². The van der Waals surface area contributed by atoms with Gasteiger partial charge in [0.25, 0.3) is 0 Å². The maximum Gasteiger partial charge on any atom is 0.153 e. The van der Waals surface area contributed by atoms with E-state index in [2.05, 4.69) is 4.98 Å². The summed E-state index contributed by atoms with van der Waals surface area (Å²) in [7, 11) is 0. The van der Waals surface area contributed by atoms with Crippen LogP contribution in [0.3, 0.4) is 0 Å². The monoisotopic (exact) mass is 173 g/mol. The number of nitrogens with zero attached hydrogens (tertiary/aromatic N) is 2. The van der Waals surface area contributed by atoms with Gasteiger partial charge < -0.3 is 5.73 Å². The summed E-state index contributed by atoms with van der Waals surface area (Å²) in [6.07, 6.45) is 3.19. The van der Waals surface area contributed by atoms with Crippen molar-refractivity contribution in [3.63, 3.8) is 0 Å². The number of rotatable bonds is 2. The maximum atomic E-state index is 10.4. The van der Waals surface area contributed by atoms with Gasteiger partial charge in [-0.05, 0) is 12.1 Å². The number of hydrogen-bond acceptors (Lipinski definition) is 4. The van der Waals surface area contributed by atoms with E-state index in [1.807, 2.05) is 6.07 Å². The smallest absolute Gasteiger partial charge is 0.153 e. The van der Waals surface area contributed by atoms with Gasteiger partial charge in [0.1, 0.15) is 6.07 Å². The molecule has 0 amide bonds. The molecule has 0 spiro atoms. The summed E-state index contributed by atoms with van der Waals surface area (Å²) in [6, 6.07) is 5.08. The molecule has 0 radical (unpaired) electrons. The minimum Gasteiger partial charge on any atom is -0.404 e. The van der Waals surface area contributed by atoms with Crippen LogP contribution in [0.2, 0.25) is 0 Å². The third kappa shape index (κ3) is 1.91. The molecule has 0 saturated carbocycles. The van der Waals surface area contributed by atoms with E-state index < -0.39 is 0 Å². The van der Waals surface area contributed by atoms with E-state index in [1.165, 1.54) is 12.4 Å². The van der Waals surface area contributed by atoms with Crippen LogP contribution in [-0.2, 0) is 4.79 Å². The first-order chi connectivity index (χ1) is 6.31. The maximum absolute atomic E-state index is 10.4. The lowest BCUT2D eigenvalue weighted by atomic mass is 10.2. The molecule has 1 aromatic heterocycles. The molecular formula is C9H7N3O. The summed E-state index contributed by atoms with van der Waals surface area (Å²) in [6.45, 7) is 0. The van der Waals surface area contributed by atoms with E-state index in [1.54, 1.807) is 12.1 Å². The van der Waals surface area contributed by atoms with Crippen molar-refractivity contribution in [3.8, 4) is 6.07 Å². The average Bonchev–Trinajstić information content (AvgIpc) is 2.21. The van der Waals surface area contributed by atoms with Crippen molar-refractivity contribution < 1.29 is 4.79 Å². The lowest BCUT2D eigenvalue weighted by Gasteiger charge is -1.96. The van der Waals surface area contributed by atoms with Crippen LogP contribution in [-0.4, -0.2) is 11.3 Å². The third-order valence-electron chi connectivity index (χ3n) is 1.49. The van der Waals surface area contributed by atoms with E-state index >= 15 is 0 Å². The number of carbonyl (C=O) groups is 1. The topological polar surface area (TPSA) is 79.8 Å².